The molecule has 2 amide bonds. The molecule has 224 valence electrons. The van der Waals surface area contributed by atoms with Crippen LogP contribution in [0.25, 0.3) is 21.5 Å². The molecule has 0 bridgehead atoms. The zero-order valence-corrected chi connectivity index (χ0v) is 25.1. The molecule has 5 aromatic carbocycles. The molecule has 3 N–H and O–H groups in total. The van der Waals surface area contributed by atoms with E-state index >= 15 is 0 Å². The molecule has 1 saturated heterocycles. The number of likely N-dealkylation sites (tertiary alicyclic amines) is 1. The molecular formula is C33H29N2O7PS. The number of nitrogens with zero attached hydrogens (tertiary/aromatic N) is 1. The maximum atomic E-state index is 13.9. The van der Waals surface area contributed by atoms with E-state index in [1.165, 1.54) is 23.1 Å². The van der Waals surface area contributed by atoms with E-state index in [-0.39, 0.29) is 41.2 Å². The van der Waals surface area contributed by atoms with E-state index in [0.717, 1.165) is 0 Å². The van der Waals surface area contributed by atoms with Crippen molar-refractivity contribution < 1.29 is 32.4 Å². The normalized spacial score (nSPS) is 16.2. The summed E-state index contributed by atoms with van der Waals surface area (Å²) in [5, 5.41) is 4.50. The van der Waals surface area contributed by atoms with Gasteiger partial charge in [-0.25, -0.2) is 8.42 Å². The number of benzene rings is 5. The van der Waals surface area contributed by atoms with Crippen LogP contribution in [0.4, 0.5) is 5.69 Å². The predicted molar refractivity (Wildman–Crippen MR) is 169 cm³/mol. The Labute approximate surface area is 254 Å². The second-order valence-electron chi connectivity index (χ2n) is 10.8. The first-order valence-electron chi connectivity index (χ1n) is 14.0. The lowest BCUT2D eigenvalue weighted by Gasteiger charge is -2.23. The zero-order chi connectivity index (χ0) is 31.1. The van der Waals surface area contributed by atoms with E-state index in [1.807, 2.05) is 0 Å². The van der Waals surface area contributed by atoms with Gasteiger partial charge in [0.05, 0.1) is 21.4 Å². The van der Waals surface area contributed by atoms with Crippen molar-refractivity contribution in [2.45, 2.75) is 22.2 Å². The summed E-state index contributed by atoms with van der Waals surface area (Å²) in [7, 11) is -8.71. The number of anilines is 1. The van der Waals surface area contributed by atoms with Gasteiger partial charge in [-0.3, -0.25) is 14.2 Å². The van der Waals surface area contributed by atoms with Crippen molar-refractivity contribution in [1.29, 1.82) is 0 Å². The van der Waals surface area contributed by atoms with Crippen molar-refractivity contribution in [3.63, 3.8) is 0 Å². The monoisotopic (exact) mass is 628 g/mol. The van der Waals surface area contributed by atoms with E-state index in [1.54, 1.807) is 91.0 Å². The minimum atomic E-state index is -5.03. The molecule has 0 aliphatic carbocycles. The first kappa shape index (κ1) is 29.7. The zero-order valence-electron chi connectivity index (χ0n) is 23.4. The van der Waals surface area contributed by atoms with Crippen molar-refractivity contribution in [2.75, 3.05) is 18.4 Å². The average molecular weight is 629 g/mol. The van der Waals surface area contributed by atoms with Crippen molar-refractivity contribution in [2.24, 2.45) is 0 Å². The number of nitrogens with one attached hydrogen (secondary N) is 1. The summed E-state index contributed by atoms with van der Waals surface area (Å²) < 4.78 is 39.3. The van der Waals surface area contributed by atoms with Crippen LogP contribution in [0.2, 0.25) is 0 Å². The summed E-state index contributed by atoms with van der Waals surface area (Å²) in [4.78, 5) is 50.1. The second-order valence-corrected chi connectivity index (χ2v) is 14.7. The minimum Gasteiger partial charge on any atom is -0.337 e. The van der Waals surface area contributed by atoms with Crippen LogP contribution in [-0.4, -0.2) is 53.3 Å². The Morgan fingerprint density at radius 3 is 2.14 bits per heavy atom. The maximum Gasteiger partial charge on any atom is 0.342 e. The summed E-state index contributed by atoms with van der Waals surface area (Å²) in [6.07, 6.45) is 0.250. The molecule has 9 nitrogen and oxygen atoms in total. The summed E-state index contributed by atoms with van der Waals surface area (Å²) in [5.41, 5.74) is -1.50. The highest BCUT2D eigenvalue weighted by atomic mass is 32.2. The van der Waals surface area contributed by atoms with Gasteiger partial charge in [-0.15, -0.1) is 0 Å². The molecule has 0 aromatic heterocycles. The molecule has 0 spiro atoms. The second kappa shape index (κ2) is 11.6. The van der Waals surface area contributed by atoms with E-state index < -0.39 is 40.2 Å². The van der Waals surface area contributed by atoms with Gasteiger partial charge in [0.25, 0.3) is 5.91 Å². The lowest BCUT2D eigenvalue weighted by Crippen LogP contribution is -2.33. The van der Waals surface area contributed by atoms with E-state index in [0.29, 0.717) is 21.5 Å². The molecule has 1 aliphatic rings. The number of hydrogen-bond donors (Lipinski definition) is 3. The molecule has 2 unspecified atom stereocenters. The molecule has 0 radical (unpaired) electrons. The van der Waals surface area contributed by atoms with Crippen LogP contribution in [0.3, 0.4) is 0 Å². The van der Waals surface area contributed by atoms with Crippen molar-refractivity contribution in [3.8, 4) is 0 Å². The maximum absolute atomic E-state index is 13.9. The number of carbonyl (C=O) groups is 2. The van der Waals surface area contributed by atoms with E-state index in [2.05, 4.69) is 5.32 Å². The summed E-state index contributed by atoms with van der Waals surface area (Å²) >= 11 is 0. The lowest BCUT2D eigenvalue weighted by atomic mass is 10.0. The quantitative estimate of drug-likeness (QED) is 0.201. The molecular weight excluding hydrogens is 599 g/mol. The highest BCUT2D eigenvalue weighted by Crippen LogP contribution is 2.53. The lowest BCUT2D eigenvalue weighted by molar-refractivity contribution is -0.116. The van der Waals surface area contributed by atoms with Crippen LogP contribution >= 0.6 is 7.60 Å². The third-order valence-corrected chi connectivity index (χ3v) is 11.4. The Bertz CT molecular complexity index is 2060. The molecule has 0 saturated carbocycles. The largest absolute Gasteiger partial charge is 0.342 e. The van der Waals surface area contributed by atoms with Gasteiger partial charge in [0.15, 0.2) is 15.5 Å². The smallest absolute Gasteiger partial charge is 0.337 e. The fourth-order valence-electron chi connectivity index (χ4n) is 5.82. The molecule has 44 heavy (non-hydrogen) atoms. The Hall–Kier alpha value is -4.34. The Morgan fingerprint density at radius 1 is 0.818 bits per heavy atom. The van der Waals surface area contributed by atoms with Gasteiger partial charge < -0.3 is 20.0 Å². The first-order valence-corrected chi connectivity index (χ1v) is 17.2. The van der Waals surface area contributed by atoms with Crippen LogP contribution in [0.15, 0.2) is 114 Å². The third kappa shape index (κ3) is 5.65. The molecule has 6 rings (SSSR count). The number of rotatable bonds is 7. The number of carbonyl (C=O) groups excluding carboxylic acids is 2. The van der Waals surface area contributed by atoms with Gasteiger partial charge >= 0.3 is 7.60 Å². The highest BCUT2D eigenvalue weighted by molar-refractivity contribution is 7.92. The van der Waals surface area contributed by atoms with Gasteiger partial charge in [0, 0.05) is 13.1 Å². The SMILES string of the molecule is O=C(Nc1cc2ccccc2cc1C(=O)N1CCC(S(=O)(=O)c2ccccc2)C1)C(c1cccc2ccccc12)P(=O)(O)O. The standard InChI is InChI=1S/C33H29N2O7PS/c36-32(31(43(38,39)40)28-16-8-12-22-9-6-7-15-27(22)28)34-30-20-24-11-5-4-10-23(24)19-29(30)33(37)35-18-17-26(21-35)44(41,42)25-13-2-1-3-14-25/h1-16,19-20,26,31H,17-18,21H2,(H,34,36)(H2,38,39,40). The van der Waals surface area contributed by atoms with Gasteiger partial charge in [0.2, 0.25) is 5.91 Å². The van der Waals surface area contributed by atoms with Crippen LogP contribution in [0.5, 0.6) is 0 Å². The Morgan fingerprint density at radius 2 is 1.43 bits per heavy atom. The topological polar surface area (TPSA) is 141 Å². The van der Waals surface area contributed by atoms with Gasteiger partial charge in [0.1, 0.15) is 0 Å². The van der Waals surface area contributed by atoms with E-state index in [9.17, 15) is 32.4 Å². The Balaban J connectivity index is 1.36. The predicted octanol–water partition coefficient (Wildman–Crippen LogP) is 5.54. The third-order valence-electron chi connectivity index (χ3n) is 8.02. The van der Waals surface area contributed by atoms with Gasteiger partial charge in [-0.1, -0.05) is 84.9 Å². The molecule has 5 aromatic rings. The van der Waals surface area contributed by atoms with Gasteiger partial charge in [-0.2, -0.15) is 0 Å². The van der Waals surface area contributed by atoms with Crippen molar-refractivity contribution >= 4 is 56.5 Å². The van der Waals surface area contributed by atoms with Crippen LogP contribution in [0.1, 0.15) is 28.0 Å². The Kier molecular flexibility index (Phi) is 7.86. The summed E-state index contributed by atoms with van der Waals surface area (Å²) in [5.74, 6) is -1.46. The highest BCUT2D eigenvalue weighted by Gasteiger charge is 2.40. The first-order chi connectivity index (χ1) is 21.0. The number of hydrogen-bond acceptors (Lipinski definition) is 5. The summed E-state index contributed by atoms with van der Waals surface area (Å²) in [6, 6.07) is 30.4. The van der Waals surface area contributed by atoms with E-state index in [4.69, 9.17) is 0 Å². The molecule has 11 heteroatoms. The summed E-state index contributed by atoms with van der Waals surface area (Å²) in [6.45, 7) is 0.161. The average Bonchev–Trinajstić information content (AvgIpc) is 3.52. The number of sulfone groups is 1. The fraction of sp³-hybridized carbons (Fsp3) is 0.152. The van der Waals surface area contributed by atoms with Crippen LogP contribution < -0.4 is 5.32 Å². The minimum absolute atomic E-state index is 0.0304. The van der Waals surface area contributed by atoms with Crippen LogP contribution in [-0.2, 0) is 19.2 Å². The molecule has 1 aliphatic heterocycles. The van der Waals surface area contributed by atoms with Crippen molar-refractivity contribution in [1.82, 2.24) is 4.90 Å². The molecule has 1 fully saturated rings. The van der Waals surface area contributed by atoms with Gasteiger partial charge in [-0.05, 0) is 57.8 Å². The number of fused-ring (bicyclic) bond motifs is 2. The number of amides is 2. The van der Waals surface area contributed by atoms with Crippen molar-refractivity contribution in [3.05, 3.63) is 120 Å². The fourth-order valence-corrected chi connectivity index (χ4v) is 8.50. The molecule has 1 heterocycles. The van der Waals surface area contributed by atoms with Crippen LogP contribution in [0, 0.1) is 0 Å². The molecule has 2 atom stereocenters.